The Labute approximate surface area is 110 Å². The summed E-state index contributed by atoms with van der Waals surface area (Å²) in [5.41, 5.74) is 2.13. The van der Waals surface area contributed by atoms with Gasteiger partial charge in [-0.1, -0.05) is 37.4 Å². The number of aromatic nitrogens is 2. The molecule has 0 atom stereocenters. The summed E-state index contributed by atoms with van der Waals surface area (Å²) in [7, 11) is 1.78. The molecule has 0 aliphatic carbocycles. The van der Waals surface area contributed by atoms with Gasteiger partial charge in [-0.25, -0.2) is 9.37 Å². The second-order valence-corrected chi connectivity index (χ2v) is 4.08. The molecule has 2 rings (SSSR count). The van der Waals surface area contributed by atoms with Crippen LogP contribution in [-0.2, 0) is 7.05 Å². The van der Waals surface area contributed by atoms with Gasteiger partial charge in [0.2, 0.25) is 0 Å². The smallest absolute Gasteiger partial charge is 0.150 e. The highest BCUT2D eigenvalue weighted by Gasteiger charge is 2.15. The average Bonchev–Trinajstić information content (AvgIpc) is 2.76. The van der Waals surface area contributed by atoms with Gasteiger partial charge < -0.3 is 4.57 Å². The van der Waals surface area contributed by atoms with Crippen molar-refractivity contribution in [2.45, 2.75) is 0 Å². The van der Waals surface area contributed by atoms with Gasteiger partial charge in [0.1, 0.15) is 23.6 Å². The quantitative estimate of drug-likeness (QED) is 0.785. The first-order chi connectivity index (χ1) is 9.08. The lowest BCUT2D eigenvalue weighted by molar-refractivity contribution is 0.112. The lowest BCUT2D eigenvalue weighted by Gasteiger charge is -2.03. The van der Waals surface area contributed by atoms with E-state index in [0.717, 1.165) is 11.8 Å². The summed E-state index contributed by atoms with van der Waals surface area (Å²) in [6, 6.07) is 6.91. The second kappa shape index (κ2) is 5.02. The maximum atomic E-state index is 13.3. The van der Waals surface area contributed by atoms with Crippen LogP contribution < -0.4 is 0 Å². The van der Waals surface area contributed by atoms with Crippen LogP contribution in [0.1, 0.15) is 21.7 Å². The van der Waals surface area contributed by atoms with Crippen molar-refractivity contribution in [1.82, 2.24) is 9.55 Å². The number of imidazole rings is 1. The molecule has 0 spiro atoms. The van der Waals surface area contributed by atoms with Gasteiger partial charge in [0.05, 0.1) is 5.69 Å². The predicted octanol–water partition coefficient (Wildman–Crippen LogP) is 3.48. The van der Waals surface area contributed by atoms with Crippen LogP contribution in [0.2, 0.25) is 0 Å². The largest absolute Gasteiger partial charge is 0.327 e. The van der Waals surface area contributed by atoms with Gasteiger partial charge in [0.25, 0.3) is 0 Å². The number of aldehydes is 1. The van der Waals surface area contributed by atoms with E-state index in [1.165, 1.54) is 6.08 Å². The minimum Gasteiger partial charge on any atom is -0.327 e. The molecule has 2 aromatic rings. The van der Waals surface area contributed by atoms with Crippen LogP contribution >= 0.6 is 0 Å². The molecule has 0 unspecified atom stereocenters. The maximum absolute atomic E-state index is 13.3. The average molecular weight is 256 g/mol. The molecule has 19 heavy (non-hydrogen) atoms. The zero-order valence-corrected chi connectivity index (χ0v) is 10.6. The highest BCUT2D eigenvalue weighted by atomic mass is 19.1. The molecule has 0 saturated carbocycles. The number of nitrogens with zero attached hydrogens (tertiary/aromatic N) is 2. The molecule has 0 saturated heterocycles. The fourth-order valence-corrected chi connectivity index (χ4v) is 1.91. The summed E-state index contributed by atoms with van der Waals surface area (Å²) in [6.07, 6.45) is 2.31. The van der Waals surface area contributed by atoms with E-state index in [0.29, 0.717) is 17.1 Å². The van der Waals surface area contributed by atoms with E-state index in [1.54, 1.807) is 35.9 Å². The van der Waals surface area contributed by atoms with Crippen LogP contribution in [0.25, 0.3) is 23.3 Å². The number of carbonyl (C=O) groups is 1. The van der Waals surface area contributed by atoms with Crippen LogP contribution in [0.5, 0.6) is 0 Å². The molecule has 0 N–H and O–H groups in total. The third-order valence-electron chi connectivity index (χ3n) is 2.89. The van der Waals surface area contributed by atoms with E-state index in [4.69, 9.17) is 0 Å². The SMILES string of the molecule is C=Cc1c(C(=C)F)nc(-c2ccc(C=O)cc2)n1C. The number of hydrogen-bond acceptors (Lipinski definition) is 2. The Hall–Kier alpha value is -2.49. The third kappa shape index (κ3) is 2.25. The van der Waals surface area contributed by atoms with Crippen molar-refractivity contribution in [3.8, 4) is 11.4 Å². The van der Waals surface area contributed by atoms with Crippen molar-refractivity contribution < 1.29 is 9.18 Å². The van der Waals surface area contributed by atoms with Gasteiger partial charge in [-0.15, -0.1) is 0 Å². The summed E-state index contributed by atoms with van der Waals surface area (Å²) < 4.78 is 15.1. The van der Waals surface area contributed by atoms with Gasteiger partial charge >= 0.3 is 0 Å². The molecule has 4 heteroatoms. The van der Waals surface area contributed by atoms with Crippen LogP contribution in [0.15, 0.2) is 37.4 Å². The van der Waals surface area contributed by atoms with E-state index in [1.807, 2.05) is 0 Å². The summed E-state index contributed by atoms with van der Waals surface area (Å²) in [6.45, 7) is 6.93. The van der Waals surface area contributed by atoms with E-state index in [9.17, 15) is 9.18 Å². The lowest BCUT2D eigenvalue weighted by Crippen LogP contribution is -1.95. The minimum atomic E-state index is -0.596. The summed E-state index contributed by atoms with van der Waals surface area (Å²) in [4.78, 5) is 14.9. The number of rotatable bonds is 4. The van der Waals surface area contributed by atoms with Gasteiger partial charge in [0, 0.05) is 18.2 Å². The fraction of sp³-hybridized carbons (Fsp3) is 0.0667. The van der Waals surface area contributed by atoms with Gasteiger partial charge in [-0.05, 0) is 6.08 Å². The van der Waals surface area contributed by atoms with Gasteiger partial charge in [-0.3, -0.25) is 4.79 Å². The van der Waals surface area contributed by atoms with Crippen molar-refractivity contribution in [2.24, 2.45) is 7.05 Å². The monoisotopic (exact) mass is 256 g/mol. The number of halogens is 1. The molecule has 0 fully saturated rings. The van der Waals surface area contributed by atoms with Crippen LogP contribution in [0.3, 0.4) is 0 Å². The number of hydrogen-bond donors (Lipinski definition) is 0. The molecule has 0 amide bonds. The normalized spacial score (nSPS) is 10.2. The molecule has 3 nitrogen and oxygen atoms in total. The maximum Gasteiger partial charge on any atom is 0.150 e. The zero-order chi connectivity index (χ0) is 14.0. The highest BCUT2D eigenvalue weighted by molar-refractivity contribution is 5.76. The first-order valence-corrected chi connectivity index (χ1v) is 5.68. The molecule has 96 valence electrons. The Kier molecular flexibility index (Phi) is 3.42. The van der Waals surface area contributed by atoms with Crippen molar-refractivity contribution in [2.75, 3.05) is 0 Å². The van der Waals surface area contributed by atoms with Crippen molar-refractivity contribution >= 4 is 18.2 Å². The van der Waals surface area contributed by atoms with Gasteiger partial charge in [0.15, 0.2) is 0 Å². The molecular weight excluding hydrogens is 243 g/mol. The topological polar surface area (TPSA) is 34.9 Å². The van der Waals surface area contributed by atoms with Crippen LogP contribution in [0, 0.1) is 0 Å². The third-order valence-corrected chi connectivity index (χ3v) is 2.89. The Morgan fingerprint density at radius 2 is 2.00 bits per heavy atom. The molecular formula is C15H13FN2O. The molecule has 1 aromatic heterocycles. The Balaban J connectivity index is 2.58. The molecule has 1 heterocycles. The molecule has 0 radical (unpaired) electrons. The van der Waals surface area contributed by atoms with Crippen LogP contribution in [-0.4, -0.2) is 15.8 Å². The number of carbonyl (C=O) groups excluding carboxylic acids is 1. The minimum absolute atomic E-state index is 0.187. The van der Waals surface area contributed by atoms with E-state index < -0.39 is 5.83 Å². The summed E-state index contributed by atoms with van der Waals surface area (Å²) >= 11 is 0. The van der Waals surface area contributed by atoms with E-state index in [-0.39, 0.29) is 5.69 Å². The summed E-state index contributed by atoms with van der Waals surface area (Å²) in [5.74, 6) is 0.00223. The summed E-state index contributed by atoms with van der Waals surface area (Å²) in [5, 5.41) is 0. The molecule has 0 bridgehead atoms. The Morgan fingerprint density at radius 3 is 2.42 bits per heavy atom. The van der Waals surface area contributed by atoms with Crippen molar-refractivity contribution in [3.05, 3.63) is 54.4 Å². The standard InChI is InChI=1S/C15H13FN2O/c1-4-13-14(10(2)16)17-15(18(13)3)12-7-5-11(9-19)6-8-12/h4-9H,1-2H2,3H3. The zero-order valence-electron chi connectivity index (χ0n) is 10.6. The van der Waals surface area contributed by atoms with Crippen LogP contribution in [0.4, 0.5) is 4.39 Å². The van der Waals surface area contributed by atoms with Crippen molar-refractivity contribution in [1.29, 1.82) is 0 Å². The molecule has 0 aliphatic heterocycles. The Morgan fingerprint density at radius 1 is 1.37 bits per heavy atom. The van der Waals surface area contributed by atoms with Gasteiger partial charge in [-0.2, -0.15) is 0 Å². The number of benzene rings is 1. The lowest BCUT2D eigenvalue weighted by atomic mass is 10.1. The first-order valence-electron chi connectivity index (χ1n) is 5.68. The fourth-order valence-electron chi connectivity index (χ4n) is 1.91. The van der Waals surface area contributed by atoms with E-state index >= 15 is 0 Å². The molecule has 0 aliphatic rings. The molecule has 1 aromatic carbocycles. The second-order valence-electron chi connectivity index (χ2n) is 4.08. The predicted molar refractivity (Wildman–Crippen MR) is 74.3 cm³/mol. The first kappa shape index (κ1) is 13.0. The van der Waals surface area contributed by atoms with E-state index in [2.05, 4.69) is 18.1 Å². The highest BCUT2D eigenvalue weighted by Crippen LogP contribution is 2.26. The van der Waals surface area contributed by atoms with Crippen molar-refractivity contribution in [3.63, 3.8) is 0 Å². The Bertz CT molecular complexity index is 654.